The monoisotopic (exact) mass is 304 g/mol. The van der Waals surface area contributed by atoms with Crippen molar-refractivity contribution in [3.05, 3.63) is 21.0 Å². The number of carbonyl (C=O) groups excluding carboxylic acids is 2. The number of Topliss-reactive ketones (excluding diaryl/α,β-unsaturated/α-hetero) is 1. The fourth-order valence-electron chi connectivity index (χ4n) is 1.75. The molecule has 0 radical (unpaired) electrons. The van der Waals surface area contributed by atoms with Gasteiger partial charge >= 0.3 is 0 Å². The summed E-state index contributed by atoms with van der Waals surface area (Å²) < 4.78 is 6.15. The molecule has 0 bridgehead atoms. The lowest BCUT2D eigenvalue weighted by Gasteiger charge is -2.21. The molecule has 0 saturated heterocycles. The smallest absolute Gasteiger partial charge is 0.145 e. The molecule has 3 nitrogen and oxygen atoms in total. The molecule has 0 aromatic carbocycles. The van der Waals surface area contributed by atoms with Gasteiger partial charge in [0.1, 0.15) is 18.7 Å². The topological polar surface area (TPSA) is 43.4 Å². The van der Waals surface area contributed by atoms with Crippen LogP contribution in [0.25, 0.3) is 0 Å². The quantitative estimate of drug-likeness (QED) is 0.577. The van der Waals surface area contributed by atoms with Crippen molar-refractivity contribution in [2.75, 3.05) is 6.61 Å². The van der Waals surface area contributed by atoms with Crippen molar-refractivity contribution in [3.8, 4) is 0 Å². The van der Waals surface area contributed by atoms with Crippen molar-refractivity contribution < 1.29 is 14.3 Å². The second kappa shape index (κ2) is 3.84. The van der Waals surface area contributed by atoms with Gasteiger partial charge in [-0.3, -0.25) is 4.79 Å². The van der Waals surface area contributed by atoms with Gasteiger partial charge in [0, 0.05) is 27.6 Å². The van der Waals surface area contributed by atoms with Crippen LogP contribution in [0.4, 0.5) is 0 Å². The Morgan fingerprint density at radius 2 is 2.43 bits per heavy atom. The van der Waals surface area contributed by atoms with Gasteiger partial charge in [0.25, 0.3) is 0 Å². The van der Waals surface area contributed by atoms with Crippen molar-refractivity contribution >= 4 is 34.7 Å². The molecular formula is C10H9IO3. The zero-order valence-electron chi connectivity index (χ0n) is 7.46. The third kappa shape index (κ3) is 1.51. The zero-order valence-corrected chi connectivity index (χ0v) is 9.61. The van der Waals surface area contributed by atoms with Gasteiger partial charge in [-0.05, 0) is 22.6 Å². The summed E-state index contributed by atoms with van der Waals surface area (Å²) >= 11 is 2.15. The van der Waals surface area contributed by atoms with Gasteiger partial charge < -0.3 is 9.53 Å². The molecule has 74 valence electrons. The predicted octanol–water partition coefficient (Wildman–Crippen LogP) is 1.77. The summed E-state index contributed by atoms with van der Waals surface area (Å²) in [5.74, 6) is -0.0936. The third-order valence-corrected chi connectivity index (χ3v) is 3.92. The molecule has 0 amide bonds. The van der Waals surface area contributed by atoms with E-state index in [1.54, 1.807) is 6.26 Å². The van der Waals surface area contributed by atoms with Crippen LogP contribution in [0.1, 0.15) is 12.8 Å². The number of rotatable bonds is 2. The standard InChI is InChI=1S/C10H9IO3/c11-10-7(1-2-12)9(13)3-6-4-14-5-8(6)10/h2,4,7H,1,3,5H2. The van der Waals surface area contributed by atoms with E-state index in [0.29, 0.717) is 19.4 Å². The molecule has 0 saturated carbocycles. The lowest BCUT2D eigenvalue weighted by molar-refractivity contribution is -0.123. The first-order chi connectivity index (χ1) is 6.74. The Hall–Kier alpha value is -0.650. The number of ketones is 1. The highest BCUT2D eigenvalue weighted by Crippen LogP contribution is 2.39. The second-order valence-corrected chi connectivity index (χ2v) is 4.54. The maximum atomic E-state index is 11.6. The van der Waals surface area contributed by atoms with Gasteiger partial charge in [-0.25, -0.2) is 0 Å². The summed E-state index contributed by atoms with van der Waals surface area (Å²) in [5.41, 5.74) is 2.10. The van der Waals surface area contributed by atoms with E-state index in [1.807, 2.05) is 0 Å². The first kappa shape index (κ1) is 9.89. The molecule has 1 aliphatic carbocycles. The van der Waals surface area contributed by atoms with Gasteiger partial charge in [0.05, 0.1) is 12.2 Å². The summed E-state index contributed by atoms with van der Waals surface area (Å²) in [6, 6.07) is 0. The number of halogens is 1. The average molecular weight is 304 g/mol. The average Bonchev–Trinajstić information content (AvgIpc) is 2.60. The van der Waals surface area contributed by atoms with E-state index in [9.17, 15) is 9.59 Å². The third-order valence-electron chi connectivity index (χ3n) is 2.52. The molecule has 4 heteroatoms. The number of hydrogen-bond acceptors (Lipinski definition) is 3. The molecule has 2 aliphatic rings. The minimum absolute atomic E-state index is 0.127. The fourth-order valence-corrected chi connectivity index (χ4v) is 2.86. The Balaban J connectivity index is 2.36. The fraction of sp³-hybridized carbons (Fsp3) is 0.400. The van der Waals surface area contributed by atoms with E-state index < -0.39 is 0 Å². The van der Waals surface area contributed by atoms with Crippen LogP contribution < -0.4 is 0 Å². The maximum absolute atomic E-state index is 11.6. The molecule has 0 fully saturated rings. The number of allylic oxidation sites excluding steroid dienone is 1. The Labute approximate surface area is 95.3 Å². The molecule has 1 unspecified atom stereocenters. The van der Waals surface area contributed by atoms with Crippen LogP contribution in [0.5, 0.6) is 0 Å². The highest BCUT2D eigenvalue weighted by atomic mass is 127. The number of fused-ring (bicyclic) bond motifs is 1. The largest absolute Gasteiger partial charge is 0.496 e. The van der Waals surface area contributed by atoms with E-state index in [4.69, 9.17) is 4.74 Å². The molecule has 0 aromatic rings. The molecule has 1 aliphatic heterocycles. The van der Waals surface area contributed by atoms with E-state index in [-0.39, 0.29) is 11.7 Å². The van der Waals surface area contributed by atoms with Crippen LogP contribution >= 0.6 is 22.6 Å². The molecule has 0 aromatic heterocycles. The highest BCUT2D eigenvalue weighted by molar-refractivity contribution is 14.1. The first-order valence-electron chi connectivity index (χ1n) is 4.40. The minimum Gasteiger partial charge on any atom is -0.496 e. The van der Waals surface area contributed by atoms with E-state index in [2.05, 4.69) is 22.6 Å². The van der Waals surface area contributed by atoms with Crippen molar-refractivity contribution in [2.24, 2.45) is 5.92 Å². The Bertz CT molecular complexity index is 354. The molecule has 1 atom stereocenters. The normalized spacial score (nSPS) is 25.6. The molecular weight excluding hydrogens is 295 g/mol. The molecule has 0 spiro atoms. The van der Waals surface area contributed by atoms with Gasteiger partial charge in [0.2, 0.25) is 0 Å². The van der Waals surface area contributed by atoms with E-state index in [0.717, 1.165) is 21.0 Å². The van der Waals surface area contributed by atoms with Crippen LogP contribution in [0, 0.1) is 5.92 Å². The van der Waals surface area contributed by atoms with Crippen LogP contribution in [0.3, 0.4) is 0 Å². The van der Waals surface area contributed by atoms with Crippen LogP contribution in [-0.4, -0.2) is 18.7 Å². The molecule has 14 heavy (non-hydrogen) atoms. The summed E-state index contributed by atoms with van der Waals surface area (Å²) in [4.78, 5) is 22.1. The van der Waals surface area contributed by atoms with Crippen molar-refractivity contribution in [2.45, 2.75) is 12.8 Å². The summed E-state index contributed by atoms with van der Waals surface area (Å²) in [7, 11) is 0. The van der Waals surface area contributed by atoms with Crippen LogP contribution in [0.2, 0.25) is 0 Å². The van der Waals surface area contributed by atoms with Gasteiger partial charge in [0.15, 0.2) is 0 Å². The van der Waals surface area contributed by atoms with Gasteiger partial charge in [-0.2, -0.15) is 0 Å². The Morgan fingerprint density at radius 3 is 3.14 bits per heavy atom. The van der Waals surface area contributed by atoms with Crippen LogP contribution in [-0.2, 0) is 14.3 Å². The first-order valence-corrected chi connectivity index (χ1v) is 5.48. The summed E-state index contributed by atoms with van der Waals surface area (Å²) in [6.07, 6.45) is 3.18. The molecule has 0 N–H and O–H groups in total. The number of carbonyl (C=O) groups is 2. The second-order valence-electron chi connectivity index (χ2n) is 3.38. The number of aldehydes is 1. The molecule has 1 heterocycles. The SMILES string of the molecule is O=CCC1C(=O)CC2=COCC2=C1I. The van der Waals surface area contributed by atoms with Crippen molar-refractivity contribution in [1.82, 2.24) is 0 Å². The minimum atomic E-state index is -0.220. The molecule has 2 rings (SSSR count). The zero-order chi connectivity index (χ0) is 10.1. The van der Waals surface area contributed by atoms with Gasteiger partial charge in [-0.15, -0.1) is 0 Å². The summed E-state index contributed by atoms with van der Waals surface area (Å²) in [6.45, 7) is 0.552. The van der Waals surface area contributed by atoms with E-state index in [1.165, 1.54) is 0 Å². The lowest BCUT2D eigenvalue weighted by Crippen LogP contribution is -2.22. The Kier molecular flexibility index (Phi) is 2.71. The van der Waals surface area contributed by atoms with Crippen LogP contribution in [0.15, 0.2) is 21.0 Å². The van der Waals surface area contributed by atoms with E-state index >= 15 is 0 Å². The Morgan fingerprint density at radius 1 is 1.64 bits per heavy atom. The maximum Gasteiger partial charge on any atom is 0.145 e. The summed E-state index contributed by atoms with van der Waals surface area (Å²) in [5, 5.41) is 0. The predicted molar refractivity (Wildman–Crippen MR) is 58.9 cm³/mol. The van der Waals surface area contributed by atoms with Crippen molar-refractivity contribution in [3.63, 3.8) is 0 Å². The highest BCUT2D eigenvalue weighted by Gasteiger charge is 2.33. The van der Waals surface area contributed by atoms with Crippen molar-refractivity contribution in [1.29, 1.82) is 0 Å². The lowest BCUT2D eigenvalue weighted by atomic mass is 9.85. The number of ether oxygens (including phenoxy) is 1. The van der Waals surface area contributed by atoms with Gasteiger partial charge in [-0.1, -0.05) is 0 Å². The number of hydrogen-bond donors (Lipinski definition) is 0.